The van der Waals surface area contributed by atoms with Crippen molar-refractivity contribution in [3.8, 4) is 11.5 Å². The maximum absolute atomic E-state index is 11.6. The van der Waals surface area contributed by atoms with E-state index in [1.807, 2.05) is 6.07 Å². The maximum atomic E-state index is 11.6. The topological polar surface area (TPSA) is 78.7 Å². The molecule has 0 aliphatic heterocycles. The molecule has 0 unspecified atom stereocenters. The summed E-state index contributed by atoms with van der Waals surface area (Å²) in [7, 11) is 1.16. The number of rotatable bonds is 4. The van der Waals surface area contributed by atoms with E-state index < -0.39 is 10.9 Å². The second kappa shape index (κ2) is 6.36. The molecule has 0 spiro atoms. The first kappa shape index (κ1) is 15.0. The summed E-state index contributed by atoms with van der Waals surface area (Å²) in [4.78, 5) is 21.9. The average molecular weight is 352 g/mol. The summed E-state index contributed by atoms with van der Waals surface area (Å²) >= 11 is 3.33. The lowest BCUT2D eigenvalue weighted by Crippen LogP contribution is -2.05. The van der Waals surface area contributed by atoms with E-state index in [2.05, 4.69) is 20.7 Å². The Hall–Kier alpha value is -2.41. The fourth-order valence-electron chi connectivity index (χ4n) is 1.67. The number of methoxy groups -OCH3 is 1. The first-order chi connectivity index (χ1) is 10.0. The molecule has 21 heavy (non-hydrogen) atoms. The molecule has 0 heterocycles. The van der Waals surface area contributed by atoms with Crippen molar-refractivity contribution in [1.29, 1.82) is 0 Å². The third kappa shape index (κ3) is 3.38. The molecule has 2 aromatic carbocycles. The van der Waals surface area contributed by atoms with E-state index in [1.165, 1.54) is 18.2 Å². The van der Waals surface area contributed by atoms with Crippen molar-refractivity contribution in [1.82, 2.24) is 0 Å². The third-order valence-corrected chi connectivity index (χ3v) is 3.29. The van der Waals surface area contributed by atoms with E-state index in [4.69, 9.17) is 4.74 Å². The maximum Gasteiger partial charge on any atom is 0.345 e. The van der Waals surface area contributed by atoms with Crippen molar-refractivity contribution in [2.75, 3.05) is 7.11 Å². The van der Waals surface area contributed by atoms with Gasteiger partial charge in [0.1, 0.15) is 17.1 Å². The number of nitro groups is 1. The lowest BCUT2D eigenvalue weighted by atomic mass is 10.1. The number of carbonyl (C=O) groups excluding carboxylic acids is 1. The predicted octanol–water partition coefficient (Wildman–Crippen LogP) is 3.94. The lowest BCUT2D eigenvalue weighted by molar-refractivity contribution is -0.385. The van der Waals surface area contributed by atoms with Crippen LogP contribution < -0.4 is 4.74 Å². The number of halogens is 1. The van der Waals surface area contributed by atoms with Gasteiger partial charge in [0.15, 0.2) is 0 Å². The van der Waals surface area contributed by atoms with E-state index in [9.17, 15) is 14.9 Å². The van der Waals surface area contributed by atoms with Gasteiger partial charge >= 0.3 is 5.97 Å². The van der Waals surface area contributed by atoms with Crippen LogP contribution in [0.1, 0.15) is 10.4 Å². The monoisotopic (exact) mass is 351 g/mol. The van der Waals surface area contributed by atoms with E-state index in [1.54, 1.807) is 18.2 Å². The second-order valence-corrected chi connectivity index (χ2v) is 4.81. The van der Waals surface area contributed by atoms with Crippen molar-refractivity contribution >= 4 is 27.6 Å². The number of hydrogen-bond donors (Lipinski definition) is 0. The van der Waals surface area contributed by atoms with E-state index in [-0.39, 0.29) is 11.3 Å². The Morgan fingerprint density at radius 2 is 1.95 bits per heavy atom. The molecule has 0 amide bonds. The zero-order valence-corrected chi connectivity index (χ0v) is 12.5. The van der Waals surface area contributed by atoms with E-state index >= 15 is 0 Å². The van der Waals surface area contributed by atoms with Crippen LogP contribution in [0.4, 0.5) is 5.69 Å². The minimum Gasteiger partial charge on any atom is -0.465 e. The zero-order chi connectivity index (χ0) is 15.4. The Bertz CT molecular complexity index is 702. The summed E-state index contributed by atoms with van der Waals surface area (Å²) in [6.45, 7) is 0. The highest BCUT2D eigenvalue weighted by Crippen LogP contribution is 2.32. The summed E-state index contributed by atoms with van der Waals surface area (Å²) in [6.07, 6.45) is 0. The van der Waals surface area contributed by atoms with Crippen LogP contribution >= 0.6 is 15.9 Å². The Morgan fingerprint density at radius 1 is 1.24 bits per heavy atom. The Morgan fingerprint density at radius 3 is 2.57 bits per heavy atom. The SMILES string of the molecule is COC(=O)c1cc(Oc2ccccc2Br)ccc1[N+](=O)[O-]. The van der Waals surface area contributed by atoms with Crippen molar-refractivity contribution in [2.45, 2.75) is 0 Å². The van der Waals surface area contributed by atoms with Crippen LogP contribution in [0.2, 0.25) is 0 Å². The molecule has 108 valence electrons. The highest BCUT2D eigenvalue weighted by Gasteiger charge is 2.22. The summed E-state index contributed by atoms with van der Waals surface area (Å²) < 4.78 is 10.9. The summed E-state index contributed by atoms with van der Waals surface area (Å²) in [5, 5.41) is 10.9. The molecule has 2 rings (SSSR count). The first-order valence-corrected chi connectivity index (χ1v) is 6.61. The molecular weight excluding hydrogens is 342 g/mol. The number of carbonyl (C=O) groups is 1. The molecule has 0 saturated carbocycles. The molecule has 0 bridgehead atoms. The van der Waals surface area contributed by atoms with Crippen LogP contribution in [-0.2, 0) is 4.74 Å². The number of esters is 1. The van der Waals surface area contributed by atoms with Crippen LogP contribution in [0.3, 0.4) is 0 Å². The predicted molar refractivity (Wildman–Crippen MR) is 78.7 cm³/mol. The van der Waals surface area contributed by atoms with Gasteiger partial charge in [0.05, 0.1) is 16.5 Å². The molecule has 0 saturated heterocycles. The largest absolute Gasteiger partial charge is 0.465 e. The van der Waals surface area contributed by atoms with Crippen LogP contribution in [0.25, 0.3) is 0 Å². The molecule has 0 aliphatic carbocycles. The van der Waals surface area contributed by atoms with Crippen molar-refractivity contribution in [3.63, 3.8) is 0 Å². The Labute approximate surface area is 128 Å². The van der Waals surface area contributed by atoms with Crippen LogP contribution in [0.15, 0.2) is 46.9 Å². The molecule has 0 N–H and O–H groups in total. The quantitative estimate of drug-likeness (QED) is 0.473. The number of benzene rings is 2. The number of para-hydroxylation sites is 1. The Kier molecular flexibility index (Phi) is 4.54. The van der Waals surface area contributed by atoms with Crippen LogP contribution in [0.5, 0.6) is 11.5 Å². The molecule has 0 fully saturated rings. The van der Waals surface area contributed by atoms with Crippen molar-refractivity contribution in [2.24, 2.45) is 0 Å². The normalized spacial score (nSPS) is 10.0. The van der Waals surface area contributed by atoms with Crippen LogP contribution in [-0.4, -0.2) is 18.0 Å². The molecule has 0 aromatic heterocycles. The average Bonchev–Trinajstić information content (AvgIpc) is 2.48. The third-order valence-electron chi connectivity index (χ3n) is 2.63. The van der Waals surface area contributed by atoms with Gasteiger partial charge in [0.25, 0.3) is 5.69 Å². The van der Waals surface area contributed by atoms with E-state index in [0.717, 1.165) is 11.6 Å². The zero-order valence-electron chi connectivity index (χ0n) is 10.9. The Balaban J connectivity index is 2.40. The summed E-state index contributed by atoms with van der Waals surface area (Å²) in [5.41, 5.74) is -0.492. The standard InChI is InChI=1S/C14H10BrNO5/c1-20-14(17)10-8-9(6-7-12(10)16(18)19)21-13-5-3-2-4-11(13)15/h2-8H,1H3. The molecule has 0 aliphatic rings. The number of nitro benzene ring substituents is 1. The smallest absolute Gasteiger partial charge is 0.345 e. The lowest BCUT2D eigenvalue weighted by Gasteiger charge is -2.09. The van der Waals surface area contributed by atoms with Crippen LogP contribution in [0, 0.1) is 10.1 Å². The highest BCUT2D eigenvalue weighted by atomic mass is 79.9. The van der Waals surface area contributed by atoms with Crippen molar-refractivity contribution < 1.29 is 19.2 Å². The van der Waals surface area contributed by atoms with Gasteiger partial charge in [-0.1, -0.05) is 12.1 Å². The van der Waals surface area contributed by atoms with Gasteiger partial charge in [-0.3, -0.25) is 10.1 Å². The van der Waals surface area contributed by atoms with E-state index in [0.29, 0.717) is 11.5 Å². The highest BCUT2D eigenvalue weighted by molar-refractivity contribution is 9.10. The first-order valence-electron chi connectivity index (χ1n) is 5.82. The summed E-state index contributed by atoms with van der Waals surface area (Å²) in [6, 6.07) is 11.0. The van der Waals surface area contributed by atoms with Crippen molar-refractivity contribution in [3.05, 3.63) is 62.6 Å². The molecule has 2 aromatic rings. The molecule has 0 radical (unpaired) electrons. The summed E-state index contributed by atoms with van der Waals surface area (Å²) in [5.74, 6) is 0.0364. The fourth-order valence-corrected chi connectivity index (χ4v) is 2.03. The van der Waals surface area contributed by atoms with Gasteiger partial charge in [-0.2, -0.15) is 0 Å². The van der Waals surface area contributed by atoms with Gasteiger partial charge in [-0.15, -0.1) is 0 Å². The van der Waals surface area contributed by atoms with Gasteiger partial charge in [0, 0.05) is 12.1 Å². The fraction of sp³-hybridized carbons (Fsp3) is 0.0714. The minimum absolute atomic E-state index is 0.160. The number of ether oxygens (including phenoxy) is 2. The van der Waals surface area contributed by atoms with Gasteiger partial charge < -0.3 is 9.47 Å². The van der Waals surface area contributed by atoms with Gasteiger partial charge in [-0.05, 0) is 34.1 Å². The second-order valence-electron chi connectivity index (χ2n) is 3.96. The minimum atomic E-state index is -0.792. The molecule has 6 nitrogen and oxygen atoms in total. The van der Waals surface area contributed by atoms with Gasteiger partial charge in [-0.25, -0.2) is 4.79 Å². The number of hydrogen-bond acceptors (Lipinski definition) is 5. The molecule has 0 atom stereocenters. The molecular formula is C14H10BrNO5. The van der Waals surface area contributed by atoms with Gasteiger partial charge in [0.2, 0.25) is 0 Å². The molecule has 7 heteroatoms. The number of nitrogens with zero attached hydrogens (tertiary/aromatic N) is 1.